The van der Waals surface area contributed by atoms with Crippen molar-refractivity contribution in [3.8, 4) is 5.75 Å². The van der Waals surface area contributed by atoms with E-state index in [4.69, 9.17) is 26.7 Å². The van der Waals surface area contributed by atoms with Crippen molar-refractivity contribution in [3.63, 3.8) is 0 Å². The summed E-state index contributed by atoms with van der Waals surface area (Å²) in [5.41, 5.74) is 7.15. The smallest absolute Gasteiger partial charge is 0.446 e. The lowest BCUT2D eigenvalue weighted by molar-refractivity contribution is -0.274. The van der Waals surface area contributed by atoms with E-state index in [1.54, 1.807) is 30.7 Å². The number of nitrogens with one attached hydrogen (secondary N) is 2. The molecule has 0 unspecified atom stereocenters. The molecule has 0 fully saturated rings. The molecule has 0 atom stereocenters. The second-order valence-electron chi connectivity index (χ2n) is 9.11. The summed E-state index contributed by atoms with van der Waals surface area (Å²) in [6, 6.07) is 11.2. The molecule has 5 rings (SSSR count). The Balaban J connectivity index is 1.14. The predicted molar refractivity (Wildman–Crippen MR) is 148 cm³/mol. The number of ether oxygens (including phenoxy) is 1. The van der Waals surface area contributed by atoms with Crippen LogP contribution in [-0.2, 0) is 19.4 Å². The Morgan fingerprint density at radius 2 is 1.88 bits per heavy atom. The van der Waals surface area contributed by atoms with Gasteiger partial charge < -0.3 is 25.5 Å². The molecule has 2 aromatic carbocycles. The summed E-state index contributed by atoms with van der Waals surface area (Å²) < 4.78 is 46.9. The number of pyridine rings is 2. The summed E-state index contributed by atoms with van der Waals surface area (Å²) in [6.07, 6.45) is 1.40. The van der Waals surface area contributed by atoms with Gasteiger partial charge in [-0.25, -0.2) is 9.97 Å². The molecule has 1 amide bonds. The number of hydrogen-bond donors (Lipinski definition) is 3. The fourth-order valence-electron chi connectivity index (χ4n) is 4.31. The molecule has 0 aliphatic rings. The second-order valence-corrected chi connectivity index (χ2v) is 9.52. The van der Waals surface area contributed by atoms with E-state index in [1.165, 1.54) is 18.2 Å². The molecule has 0 saturated carbocycles. The summed E-state index contributed by atoms with van der Waals surface area (Å²) in [6.45, 7) is 1.45. The van der Waals surface area contributed by atoms with Crippen molar-refractivity contribution in [1.29, 1.82) is 0 Å². The highest BCUT2D eigenvalue weighted by molar-refractivity contribution is 6.32. The van der Waals surface area contributed by atoms with Gasteiger partial charge in [-0.15, -0.1) is 13.2 Å². The maximum absolute atomic E-state index is 12.4. The molecule has 9 nitrogen and oxygen atoms in total. The van der Waals surface area contributed by atoms with Crippen LogP contribution in [0.2, 0.25) is 5.02 Å². The highest BCUT2D eigenvalue weighted by Gasteiger charge is 2.32. The zero-order chi connectivity index (χ0) is 29.0. The molecule has 0 radical (unpaired) electrons. The third-order valence-electron chi connectivity index (χ3n) is 6.21. The van der Waals surface area contributed by atoms with Gasteiger partial charge >= 0.3 is 6.36 Å². The molecular weight excluding hydrogens is 561 g/mol. The Labute approximate surface area is 236 Å². The Hall–Kier alpha value is -4.42. The molecule has 0 aliphatic heterocycles. The maximum atomic E-state index is 12.4. The molecule has 0 spiro atoms. The number of nitrogens with two attached hydrogens (primary N) is 1. The number of hydrogen-bond acceptors (Lipinski definition) is 8. The first kappa shape index (κ1) is 28.1. The number of alkyl halides is 3. The quantitative estimate of drug-likeness (QED) is 0.139. The van der Waals surface area contributed by atoms with Crippen LogP contribution < -0.4 is 21.1 Å². The van der Waals surface area contributed by atoms with E-state index >= 15 is 0 Å². The summed E-state index contributed by atoms with van der Waals surface area (Å²) in [5.74, 6) is 0.937. The van der Waals surface area contributed by atoms with Gasteiger partial charge in [-0.3, -0.25) is 9.78 Å². The lowest BCUT2D eigenvalue weighted by Crippen LogP contribution is -2.18. The number of primary amides is 1. The van der Waals surface area contributed by atoms with Crippen LogP contribution in [0.25, 0.3) is 21.7 Å². The zero-order valence-electron chi connectivity index (χ0n) is 21.5. The van der Waals surface area contributed by atoms with Crippen molar-refractivity contribution in [2.45, 2.75) is 25.7 Å². The van der Waals surface area contributed by atoms with Gasteiger partial charge in [-0.1, -0.05) is 23.7 Å². The fourth-order valence-corrected chi connectivity index (χ4v) is 4.55. The van der Waals surface area contributed by atoms with Gasteiger partial charge in [0.25, 0.3) is 0 Å². The maximum Gasteiger partial charge on any atom is 0.573 e. The van der Waals surface area contributed by atoms with Crippen LogP contribution in [0.3, 0.4) is 0 Å². The Morgan fingerprint density at radius 1 is 1.02 bits per heavy atom. The molecule has 212 valence electrons. The van der Waals surface area contributed by atoms with Gasteiger partial charge in [0.05, 0.1) is 16.7 Å². The number of fused-ring (bicyclic) bond motifs is 3. The third kappa shape index (κ3) is 7.02. The van der Waals surface area contributed by atoms with Crippen LogP contribution in [0, 0.1) is 0 Å². The lowest BCUT2D eigenvalue weighted by Gasteiger charge is -2.11. The number of benzene rings is 2. The van der Waals surface area contributed by atoms with Crippen LogP contribution in [-0.4, -0.2) is 40.3 Å². The van der Waals surface area contributed by atoms with Crippen LogP contribution in [0.15, 0.2) is 65.5 Å². The second kappa shape index (κ2) is 12.0. The van der Waals surface area contributed by atoms with Crippen molar-refractivity contribution in [1.82, 2.24) is 20.3 Å². The molecule has 3 aromatic heterocycles. The summed E-state index contributed by atoms with van der Waals surface area (Å²) in [7, 11) is 0. The number of carbonyl (C=O) groups excluding carboxylic acids is 1. The van der Waals surface area contributed by atoms with Crippen molar-refractivity contribution in [2.75, 3.05) is 18.4 Å². The van der Waals surface area contributed by atoms with Gasteiger partial charge in [0.2, 0.25) is 5.91 Å². The molecule has 5 aromatic rings. The number of carbonyl (C=O) groups is 1. The first-order chi connectivity index (χ1) is 19.7. The van der Waals surface area contributed by atoms with Crippen molar-refractivity contribution in [3.05, 3.63) is 88.9 Å². The topological polar surface area (TPSA) is 128 Å². The minimum atomic E-state index is -4.80. The number of nitrogens with zero attached hydrogens (tertiary/aromatic N) is 3. The normalized spacial score (nSPS) is 11.7. The number of oxazole rings is 1. The number of anilines is 1. The van der Waals surface area contributed by atoms with Gasteiger partial charge in [0.15, 0.2) is 5.89 Å². The van der Waals surface area contributed by atoms with E-state index in [0.29, 0.717) is 66.6 Å². The molecule has 4 N–H and O–H groups in total. The molecule has 3 heterocycles. The molecule has 41 heavy (non-hydrogen) atoms. The van der Waals surface area contributed by atoms with Crippen LogP contribution in [0.4, 0.5) is 19.0 Å². The third-order valence-corrected chi connectivity index (χ3v) is 6.51. The number of rotatable bonds is 11. The summed E-state index contributed by atoms with van der Waals surface area (Å²) in [5, 5.41) is 9.07. The van der Waals surface area contributed by atoms with Crippen LogP contribution in [0.1, 0.15) is 27.6 Å². The van der Waals surface area contributed by atoms with E-state index in [0.717, 1.165) is 16.2 Å². The van der Waals surface area contributed by atoms with Gasteiger partial charge in [-0.05, 0) is 35.9 Å². The van der Waals surface area contributed by atoms with E-state index in [-0.39, 0.29) is 5.02 Å². The van der Waals surface area contributed by atoms with E-state index < -0.39 is 18.0 Å². The highest BCUT2D eigenvalue weighted by atomic mass is 35.5. The molecule has 0 aliphatic carbocycles. The molecule has 0 saturated heterocycles. The average Bonchev–Trinajstić information content (AvgIpc) is 3.39. The van der Waals surface area contributed by atoms with E-state index in [1.807, 2.05) is 12.1 Å². The molecular formula is C28H24ClF3N6O3. The van der Waals surface area contributed by atoms with Gasteiger partial charge in [0, 0.05) is 66.6 Å². The van der Waals surface area contributed by atoms with E-state index in [9.17, 15) is 18.0 Å². The summed E-state index contributed by atoms with van der Waals surface area (Å²) in [4.78, 5) is 24.9. The van der Waals surface area contributed by atoms with Crippen molar-refractivity contribution < 1.29 is 27.1 Å². The Bertz CT molecular complexity index is 1710. The molecule has 0 bridgehead atoms. The van der Waals surface area contributed by atoms with Crippen LogP contribution in [0.5, 0.6) is 5.75 Å². The monoisotopic (exact) mass is 584 g/mol. The number of halogens is 4. The zero-order valence-corrected chi connectivity index (χ0v) is 22.2. The standard InChI is InChI=1S/C28H24ClF3N6O3/c29-22-11-16(1-4-24(22)41-28(30,31)32)13-34-9-7-25-37-14-18(40-25)5-10-36-27-20-6-8-35-15-21(20)19-3-2-17(26(33)39)12-23(19)38-27/h1-4,6,8,11-12,14-15,34H,5,7,9-10,13H2,(H2,33,39)(H,36,38). The number of amides is 1. The van der Waals surface area contributed by atoms with Gasteiger partial charge in [-0.2, -0.15) is 0 Å². The van der Waals surface area contributed by atoms with E-state index in [2.05, 4.69) is 25.3 Å². The lowest BCUT2D eigenvalue weighted by atomic mass is 10.1. The predicted octanol–water partition coefficient (Wildman–Crippen LogP) is 5.41. The Morgan fingerprint density at radius 3 is 2.66 bits per heavy atom. The highest BCUT2D eigenvalue weighted by Crippen LogP contribution is 2.31. The molecule has 13 heteroatoms. The summed E-state index contributed by atoms with van der Waals surface area (Å²) >= 11 is 5.89. The van der Waals surface area contributed by atoms with Crippen molar-refractivity contribution in [2.24, 2.45) is 5.73 Å². The minimum Gasteiger partial charge on any atom is -0.446 e. The first-order valence-electron chi connectivity index (χ1n) is 12.6. The number of aromatic nitrogens is 3. The minimum absolute atomic E-state index is 0.119. The fraction of sp³-hybridized carbons (Fsp3) is 0.214. The first-order valence-corrected chi connectivity index (χ1v) is 12.9. The van der Waals surface area contributed by atoms with Crippen molar-refractivity contribution >= 4 is 45.0 Å². The van der Waals surface area contributed by atoms with Crippen LogP contribution >= 0.6 is 11.6 Å². The average molecular weight is 585 g/mol. The Kier molecular flexibility index (Phi) is 8.22. The van der Waals surface area contributed by atoms with Gasteiger partial charge in [0.1, 0.15) is 17.3 Å². The SMILES string of the molecule is NC(=O)c1ccc2c(c1)nc(NCCc1cnc(CCNCc3ccc(OC(F)(F)F)c(Cl)c3)o1)c1ccncc12. The largest absolute Gasteiger partial charge is 0.573 e.